The molecule has 1 fully saturated rings. The molecular formula is C21H31IN4O4. The number of guanidine groups is 1. The van der Waals surface area contributed by atoms with Crippen LogP contribution in [0.25, 0.3) is 0 Å². The fourth-order valence-corrected chi connectivity index (χ4v) is 3.35. The van der Waals surface area contributed by atoms with Gasteiger partial charge in [0.2, 0.25) is 0 Å². The summed E-state index contributed by atoms with van der Waals surface area (Å²) in [5.74, 6) is 2.76. The van der Waals surface area contributed by atoms with E-state index in [4.69, 9.17) is 13.9 Å². The van der Waals surface area contributed by atoms with Crippen LogP contribution in [0.4, 0.5) is 5.69 Å². The Morgan fingerprint density at radius 2 is 2.03 bits per heavy atom. The highest BCUT2D eigenvalue weighted by Gasteiger charge is 2.24. The molecule has 0 spiro atoms. The van der Waals surface area contributed by atoms with Gasteiger partial charge in [0.15, 0.2) is 5.96 Å². The van der Waals surface area contributed by atoms with Gasteiger partial charge in [0, 0.05) is 49.6 Å². The first-order valence-corrected chi connectivity index (χ1v) is 9.87. The summed E-state index contributed by atoms with van der Waals surface area (Å²) in [5.41, 5.74) is 1.07. The Morgan fingerprint density at radius 1 is 1.30 bits per heavy atom. The van der Waals surface area contributed by atoms with E-state index >= 15 is 0 Å². The highest BCUT2D eigenvalue weighted by atomic mass is 127. The first-order valence-electron chi connectivity index (χ1n) is 9.87. The molecule has 1 saturated heterocycles. The predicted octanol–water partition coefficient (Wildman–Crippen LogP) is 2.78. The number of aliphatic hydroxyl groups is 1. The van der Waals surface area contributed by atoms with Crippen LogP contribution in [-0.2, 0) is 0 Å². The average Bonchev–Trinajstić information content (AvgIpc) is 3.44. The number of aliphatic hydroxyl groups excluding tert-OH is 1. The van der Waals surface area contributed by atoms with E-state index in [-0.39, 0.29) is 36.6 Å². The topological polar surface area (TPSA) is 91.5 Å². The minimum absolute atomic E-state index is 0. The molecule has 8 nitrogen and oxygen atoms in total. The van der Waals surface area contributed by atoms with Crippen molar-refractivity contribution in [2.24, 2.45) is 4.99 Å². The Balaban J connectivity index is 0.00000320. The summed E-state index contributed by atoms with van der Waals surface area (Å²) in [4.78, 5) is 6.81. The molecule has 166 valence electrons. The van der Waals surface area contributed by atoms with Crippen LogP contribution in [0.2, 0.25) is 0 Å². The summed E-state index contributed by atoms with van der Waals surface area (Å²) in [5, 5.41) is 16.9. The lowest BCUT2D eigenvalue weighted by atomic mass is 10.2. The molecule has 0 bridgehead atoms. The van der Waals surface area contributed by atoms with Crippen LogP contribution in [0.3, 0.4) is 0 Å². The molecule has 9 heteroatoms. The van der Waals surface area contributed by atoms with E-state index in [0.717, 1.165) is 43.2 Å². The smallest absolute Gasteiger partial charge is 0.191 e. The van der Waals surface area contributed by atoms with Crippen LogP contribution >= 0.6 is 24.0 Å². The quantitative estimate of drug-likeness (QED) is 0.275. The zero-order valence-electron chi connectivity index (χ0n) is 17.6. The lowest BCUT2D eigenvalue weighted by molar-refractivity contribution is 0.158. The van der Waals surface area contributed by atoms with Crippen LogP contribution in [0.5, 0.6) is 11.5 Å². The molecule has 2 atom stereocenters. The second-order valence-electron chi connectivity index (χ2n) is 6.90. The number of rotatable bonds is 8. The number of anilines is 1. The van der Waals surface area contributed by atoms with Crippen molar-refractivity contribution in [1.82, 2.24) is 10.6 Å². The molecule has 30 heavy (non-hydrogen) atoms. The number of furan rings is 1. The highest BCUT2D eigenvalue weighted by molar-refractivity contribution is 14.0. The van der Waals surface area contributed by atoms with Gasteiger partial charge in [-0.05, 0) is 25.5 Å². The summed E-state index contributed by atoms with van der Waals surface area (Å²) < 4.78 is 16.0. The van der Waals surface area contributed by atoms with Crippen molar-refractivity contribution < 1.29 is 19.0 Å². The predicted molar refractivity (Wildman–Crippen MR) is 128 cm³/mol. The van der Waals surface area contributed by atoms with Crippen molar-refractivity contribution in [2.75, 3.05) is 45.3 Å². The molecule has 2 aromatic rings. The lowest BCUT2D eigenvalue weighted by Gasteiger charge is -2.21. The third kappa shape index (κ3) is 6.43. The van der Waals surface area contributed by atoms with Crippen molar-refractivity contribution in [2.45, 2.75) is 25.5 Å². The van der Waals surface area contributed by atoms with E-state index in [0.29, 0.717) is 11.7 Å². The second kappa shape index (κ2) is 11.9. The van der Waals surface area contributed by atoms with Gasteiger partial charge in [-0.25, -0.2) is 0 Å². The minimum atomic E-state index is -0.759. The van der Waals surface area contributed by atoms with Gasteiger partial charge in [-0.1, -0.05) is 0 Å². The normalized spacial score (nSPS) is 17.3. The molecule has 0 amide bonds. The van der Waals surface area contributed by atoms with Gasteiger partial charge in [-0.15, -0.1) is 24.0 Å². The third-order valence-corrected chi connectivity index (χ3v) is 4.87. The molecule has 0 radical (unpaired) electrons. The van der Waals surface area contributed by atoms with Gasteiger partial charge in [0.05, 0.1) is 27.0 Å². The summed E-state index contributed by atoms with van der Waals surface area (Å²) in [6, 6.07) is 9.65. The SMILES string of the molecule is CCNC(=NCC(O)c1ccco1)NC1CCN(c2cc(OC)cc(OC)c2)C1.I. The van der Waals surface area contributed by atoms with Crippen molar-refractivity contribution in [3.05, 3.63) is 42.4 Å². The lowest BCUT2D eigenvalue weighted by Crippen LogP contribution is -2.44. The molecular weight excluding hydrogens is 499 g/mol. The summed E-state index contributed by atoms with van der Waals surface area (Å²) >= 11 is 0. The van der Waals surface area contributed by atoms with Crippen LogP contribution in [0, 0.1) is 0 Å². The third-order valence-electron chi connectivity index (χ3n) is 4.87. The summed E-state index contributed by atoms with van der Waals surface area (Å²) in [7, 11) is 3.31. The Kier molecular flexibility index (Phi) is 9.57. The number of methoxy groups -OCH3 is 2. The van der Waals surface area contributed by atoms with E-state index in [1.54, 1.807) is 32.6 Å². The maximum absolute atomic E-state index is 10.2. The number of ether oxygens (including phenoxy) is 2. The molecule has 2 heterocycles. The number of hydrogen-bond acceptors (Lipinski definition) is 6. The Labute approximate surface area is 194 Å². The van der Waals surface area contributed by atoms with Crippen molar-refractivity contribution >= 4 is 35.6 Å². The molecule has 3 rings (SSSR count). The number of halogens is 1. The average molecular weight is 530 g/mol. The van der Waals surface area contributed by atoms with Gasteiger partial charge in [-0.3, -0.25) is 4.99 Å². The molecule has 1 aliphatic rings. The van der Waals surface area contributed by atoms with Gasteiger partial charge in [0.1, 0.15) is 23.4 Å². The van der Waals surface area contributed by atoms with E-state index in [1.807, 2.05) is 25.1 Å². The zero-order chi connectivity index (χ0) is 20.6. The first kappa shape index (κ1) is 24.1. The number of nitrogens with one attached hydrogen (secondary N) is 2. The van der Waals surface area contributed by atoms with Crippen molar-refractivity contribution in [1.29, 1.82) is 0 Å². The molecule has 2 unspecified atom stereocenters. The van der Waals surface area contributed by atoms with E-state index in [1.165, 1.54) is 0 Å². The number of aliphatic imine (C=N–C) groups is 1. The van der Waals surface area contributed by atoms with Crippen LogP contribution in [0.15, 0.2) is 46.0 Å². The second-order valence-corrected chi connectivity index (χ2v) is 6.90. The molecule has 0 saturated carbocycles. The van der Waals surface area contributed by atoms with Crippen LogP contribution in [0.1, 0.15) is 25.2 Å². The van der Waals surface area contributed by atoms with Crippen molar-refractivity contribution in [3.63, 3.8) is 0 Å². The van der Waals surface area contributed by atoms with Crippen LogP contribution in [-0.4, -0.2) is 57.5 Å². The molecule has 0 aliphatic carbocycles. The van der Waals surface area contributed by atoms with Gasteiger partial charge in [0.25, 0.3) is 0 Å². The van der Waals surface area contributed by atoms with E-state index in [9.17, 15) is 5.11 Å². The van der Waals surface area contributed by atoms with E-state index in [2.05, 4.69) is 20.5 Å². The molecule has 1 aromatic heterocycles. The highest BCUT2D eigenvalue weighted by Crippen LogP contribution is 2.30. The number of benzene rings is 1. The molecule has 3 N–H and O–H groups in total. The monoisotopic (exact) mass is 530 g/mol. The largest absolute Gasteiger partial charge is 0.497 e. The first-order chi connectivity index (χ1) is 14.1. The standard InChI is InChI=1S/C21H30N4O4.HI/c1-4-22-21(23-13-19(26)20-6-5-9-29-20)24-15-7-8-25(14-15)16-10-17(27-2)12-18(11-16)28-3;/h5-6,9-12,15,19,26H,4,7-8,13-14H2,1-3H3,(H2,22,23,24);1H. The summed E-state index contributed by atoms with van der Waals surface area (Å²) in [6.45, 7) is 4.74. The van der Waals surface area contributed by atoms with Crippen LogP contribution < -0.4 is 25.0 Å². The fraction of sp³-hybridized carbons (Fsp3) is 0.476. The maximum Gasteiger partial charge on any atom is 0.191 e. The summed E-state index contributed by atoms with van der Waals surface area (Å²) in [6.07, 6.45) is 1.77. The number of hydrogen-bond donors (Lipinski definition) is 3. The van der Waals surface area contributed by atoms with Gasteiger partial charge in [-0.2, -0.15) is 0 Å². The zero-order valence-corrected chi connectivity index (χ0v) is 20.0. The maximum atomic E-state index is 10.2. The Hall–Kier alpha value is -2.14. The number of nitrogens with zero attached hydrogens (tertiary/aromatic N) is 2. The Morgan fingerprint density at radius 3 is 2.63 bits per heavy atom. The fourth-order valence-electron chi connectivity index (χ4n) is 3.35. The minimum Gasteiger partial charge on any atom is -0.497 e. The van der Waals surface area contributed by atoms with Crippen molar-refractivity contribution in [3.8, 4) is 11.5 Å². The molecule has 1 aliphatic heterocycles. The van der Waals surface area contributed by atoms with E-state index < -0.39 is 6.10 Å². The molecule has 1 aromatic carbocycles. The van der Waals surface area contributed by atoms with Gasteiger partial charge >= 0.3 is 0 Å². The van der Waals surface area contributed by atoms with Gasteiger partial charge < -0.3 is 34.5 Å². The Bertz CT molecular complexity index is 778.